The van der Waals surface area contributed by atoms with Crippen molar-refractivity contribution in [2.75, 3.05) is 18.0 Å². The third-order valence-corrected chi connectivity index (χ3v) is 7.11. The third-order valence-electron chi connectivity index (χ3n) is 5.87. The Kier molecular flexibility index (Phi) is 3.95. The van der Waals surface area contributed by atoms with Gasteiger partial charge in [0.25, 0.3) is 0 Å². The topological polar surface area (TPSA) is 53.7 Å². The number of aliphatic hydroxyl groups is 1. The van der Waals surface area contributed by atoms with Crippen molar-refractivity contribution in [2.24, 2.45) is 5.92 Å². The minimum atomic E-state index is -0.450. The average Bonchev–Trinajstić information content (AvgIpc) is 3.20. The number of aromatic nitrogens is 3. The Morgan fingerprint density at radius 1 is 1.19 bits per heavy atom. The fourth-order valence-electron chi connectivity index (χ4n) is 4.32. The lowest BCUT2D eigenvalue weighted by Crippen LogP contribution is -2.53. The summed E-state index contributed by atoms with van der Waals surface area (Å²) in [6.07, 6.45) is 7.28. The molecule has 136 valence electrons. The van der Waals surface area contributed by atoms with E-state index in [0.29, 0.717) is 5.92 Å². The fourth-order valence-corrected chi connectivity index (χ4v) is 5.37. The van der Waals surface area contributed by atoms with Gasteiger partial charge in [0.15, 0.2) is 0 Å². The molecule has 2 unspecified atom stereocenters. The number of hydrogen-bond acceptors (Lipinski definition) is 5. The molecule has 1 aliphatic carbocycles. The number of anilines is 1. The van der Waals surface area contributed by atoms with Crippen LogP contribution in [0.25, 0.3) is 16.2 Å². The SMILES string of the molecule is OC12CCCCC1CN(c1nn3cc(-c4ccc(Cl)cc4)nc3s1)CC2. The first-order valence-corrected chi connectivity index (χ1v) is 10.4. The number of benzene rings is 1. The van der Waals surface area contributed by atoms with E-state index < -0.39 is 5.60 Å². The predicted octanol–water partition coefficient (Wildman–Crippen LogP) is 4.24. The van der Waals surface area contributed by atoms with E-state index in [2.05, 4.69) is 4.90 Å². The van der Waals surface area contributed by atoms with E-state index in [1.54, 1.807) is 11.3 Å². The number of imidazole rings is 1. The number of hydrogen-bond donors (Lipinski definition) is 1. The van der Waals surface area contributed by atoms with Crippen LogP contribution in [0.5, 0.6) is 0 Å². The van der Waals surface area contributed by atoms with Crippen molar-refractivity contribution in [3.8, 4) is 11.3 Å². The minimum Gasteiger partial charge on any atom is -0.389 e. The van der Waals surface area contributed by atoms with Gasteiger partial charge in [-0.25, -0.2) is 9.50 Å². The van der Waals surface area contributed by atoms with Gasteiger partial charge in [-0.15, -0.1) is 5.10 Å². The van der Waals surface area contributed by atoms with E-state index in [1.165, 1.54) is 6.42 Å². The summed E-state index contributed by atoms with van der Waals surface area (Å²) in [5.74, 6) is 0.367. The maximum atomic E-state index is 10.9. The molecule has 5 rings (SSSR count). The van der Waals surface area contributed by atoms with Crippen LogP contribution in [0.3, 0.4) is 0 Å². The summed E-state index contributed by atoms with van der Waals surface area (Å²) in [4.78, 5) is 7.95. The zero-order valence-electron chi connectivity index (χ0n) is 14.4. The van der Waals surface area contributed by atoms with Crippen molar-refractivity contribution >= 4 is 33.0 Å². The number of piperidine rings is 1. The molecule has 3 aromatic rings. The van der Waals surface area contributed by atoms with Gasteiger partial charge in [0.1, 0.15) is 0 Å². The van der Waals surface area contributed by atoms with Gasteiger partial charge in [0.05, 0.1) is 17.5 Å². The first-order chi connectivity index (χ1) is 12.6. The molecule has 7 heteroatoms. The summed E-state index contributed by atoms with van der Waals surface area (Å²) in [5, 5.41) is 17.3. The van der Waals surface area contributed by atoms with Crippen LogP contribution in [-0.2, 0) is 0 Å². The zero-order chi connectivity index (χ0) is 17.7. The van der Waals surface area contributed by atoms with E-state index >= 15 is 0 Å². The maximum absolute atomic E-state index is 10.9. The molecular formula is C19H21ClN4OS. The smallest absolute Gasteiger partial charge is 0.214 e. The molecule has 1 aliphatic heterocycles. The highest BCUT2D eigenvalue weighted by Crippen LogP contribution is 2.41. The van der Waals surface area contributed by atoms with E-state index in [1.807, 2.05) is 35.0 Å². The third kappa shape index (κ3) is 2.80. The summed E-state index contributed by atoms with van der Waals surface area (Å²) >= 11 is 7.58. The van der Waals surface area contributed by atoms with Crippen LogP contribution in [0.15, 0.2) is 30.5 Å². The lowest BCUT2D eigenvalue weighted by atomic mass is 9.71. The van der Waals surface area contributed by atoms with Gasteiger partial charge in [-0.05, 0) is 31.4 Å². The predicted molar refractivity (Wildman–Crippen MR) is 105 cm³/mol. The Labute approximate surface area is 161 Å². The second kappa shape index (κ2) is 6.22. The number of nitrogens with zero attached hydrogens (tertiary/aromatic N) is 4. The Morgan fingerprint density at radius 2 is 2.04 bits per heavy atom. The van der Waals surface area contributed by atoms with Gasteiger partial charge in [-0.1, -0.05) is 47.9 Å². The van der Waals surface area contributed by atoms with Crippen LogP contribution in [0.2, 0.25) is 5.02 Å². The van der Waals surface area contributed by atoms with Crippen LogP contribution in [0.4, 0.5) is 5.13 Å². The van der Waals surface area contributed by atoms with Crippen LogP contribution in [0, 0.1) is 5.92 Å². The number of halogens is 1. The summed E-state index contributed by atoms with van der Waals surface area (Å²) in [5.41, 5.74) is 1.50. The van der Waals surface area contributed by atoms with Crippen LogP contribution in [-0.4, -0.2) is 38.4 Å². The summed E-state index contributed by atoms with van der Waals surface area (Å²) < 4.78 is 1.87. The molecule has 2 aromatic heterocycles. The minimum absolute atomic E-state index is 0.367. The van der Waals surface area contributed by atoms with Gasteiger partial charge in [0.2, 0.25) is 10.1 Å². The molecule has 0 radical (unpaired) electrons. The van der Waals surface area contributed by atoms with Crippen molar-refractivity contribution in [1.82, 2.24) is 14.6 Å². The molecule has 2 fully saturated rings. The van der Waals surface area contributed by atoms with Gasteiger partial charge < -0.3 is 10.0 Å². The molecule has 1 aromatic carbocycles. The Bertz CT molecular complexity index is 905. The molecular weight excluding hydrogens is 368 g/mol. The normalized spacial score (nSPS) is 26.2. The molecule has 5 nitrogen and oxygen atoms in total. The molecule has 1 saturated carbocycles. The number of rotatable bonds is 2. The largest absolute Gasteiger partial charge is 0.389 e. The average molecular weight is 389 g/mol. The molecule has 1 saturated heterocycles. The summed E-state index contributed by atoms with van der Waals surface area (Å²) in [7, 11) is 0. The second-order valence-corrected chi connectivity index (χ2v) is 8.86. The van der Waals surface area contributed by atoms with Crippen LogP contribution in [0.1, 0.15) is 32.1 Å². The molecule has 3 heterocycles. The highest BCUT2D eigenvalue weighted by molar-refractivity contribution is 7.20. The van der Waals surface area contributed by atoms with E-state index in [9.17, 15) is 5.11 Å². The molecule has 0 amide bonds. The van der Waals surface area contributed by atoms with Crippen molar-refractivity contribution in [3.05, 3.63) is 35.5 Å². The fraction of sp³-hybridized carbons (Fsp3) is 0.474. The maximum Gasteiger partial charge on any atom is 0.214 e. The lowest BCUT2D eigenvalue weighted by Gasteiger charge is -2.47. The van der Waals surface area contributed by atoms with Crippen molar-refractivity contribution < 1.29 is 5.11 Å². The van der Waals surface area contributed by atoms with Crippen LogP contribution < -0.4 is 4.90 Å². The van der Waals surface area contributed by atoms with Gasteiger partial charge in [-0.2, -0.15) is 0 Å². The highest BCUT2D eigenvalue weighted by atomic mass is 35.5. The Hall–Kier alpha value is -1.63. The summed E-state index contributed by atoms with van der Waals surface area (Å²) in [6.45, 7) is 1.77. The molecule has 26 heavy (non-hydrogen) atoms. The zero-order valence-corrected chi connectivity index (χ0v) is 16.0. The highest BCUT2D eigenvalue weighted by Gasteiger charge is 2.43. The lowest BCUT2D eigenvalue weighted by molar-refractivity contribution is -0.0612. The standard InChI is InChI=1S/C19H21ClN4OS/c20-15-6-4-13(5-7-15)16-12-24-17(21-16)26-18(22-24)23-10-9-19(25)8-2-1-3-14(19)11-23/h4-7,12,14,25H,1-3,8-11H2. The quantitative estimate of drug-likeness (QED) is 0.713. The second-order valence-electron chi connectivity index (χ2n) is 7.49. The Balaban J connectivity index is 1.39. The molecule has 1 N–H and O–H groups in total. The van der Waals surface area contributed by atoms with E-state index in [0.717, 1.165) is 65.1 Å². The first kappa shape index (κ1) is 16.5. The van der Waals surface area contributed by atoms with E-state index in [-0.39, 0.29) is 0 Å². The van der Waals surface area contributed by atoms with Gasteiger partial charge in [0, 0.05) is 29.6 Å². The van der Waals surface area contributed by atoms with Crippen molar-refractivity contribution in [1.29, 1.82) is 0 Å². The number of fused-ring (bicyclic) bond motifs is 2. The molecule has 2 aliphatic rings. The van der Waals surface area contributed by atoms with Gasteiger partial charge >= 0.3 is 0 Å². The molecule has 2 atom stereocenters. The molecule has 0 spiro atoms. The van der Waals surface area contributed by atoms with Crippen molar-refractivity contribution in [2.45, 2.75) is 37.7 Å². The van der Waals surface area contributed by atoms with Gasteiger partial charge in [-0.3, -0.25) is 0 Å². The first-order valence-electron chi connectivity index (χ1n) is 9.20. The van der Waals surface area contributed by atoms with Crippen LogP contribution >= 0.6 is 22.9 Å². The molecule has 0 bridgehead atoms. The Morgan fingerprint density at radius 3 is 2.85 bits per heavy atom. The monoisotopic (exact) mass is 388 g/mol. The van der Waals surface area contributed by atoms with Crippen molar-refractivity contribution in [3.63, 3.8) is 0 Å². The van der Waals surface area contributed by atoms with E-state index in [4.69, 9.17) is 21.7 Å². The summed E-state index contributed by atoms with van der Waals surface area (Å²) in [6, 6.07) is 7.71.